The summed E-state index contributed by atoms with van der Waals surface area (Å²) >= 11 is 0. The molecule has 5 heteroatoms. The Hall–Kier alpha value is -2.04. The molecule has 0 bridgehead atoms. The van der Waals surface area contributed by atoms with Crippen LogP contribution in [0.4, 0.5) is 0 Å². The van der Waals surface area contributed by atoms with Crippen molar-refractivity contribution >= 4 is 5.97 Å². The maximum Gasteiger partial charge on any atom is 0.354 e. The van der Waals surface area contributed by atoms with E-state index in [0.29, 0.717) is 18.0 Å². The predicted molar refractivity (Wildman–Crippen MR) is 52.6 cm³/mol. The molecule has 15 heavy (non-hydrogen) atoms. The van der Waals surface area contributed by atoms with Crippen LogP contribution in [0.15, 0.2) is 28.9 Å². The summed E-state index contributed by atoms with van der Waals surface area (Å²) in [6.07, 6.45) is 1.53. The number of nitrogens with zero attached hydrogens (tertiary/aromatic N) is 2. The number of aromatic nitrogens is 2. The third-order valence-electron chi connectivity index (χ3n) is 2.07. The fraction of sp³-hybridized carbons (Fsp3) is 0.200. The number of hydrogen-bond acceptors (Lipinski definition) is 3. The van der Waals surface area contributed by atoms with Crippen LogP contribution in [-0.2, 0) is 6.54 Å². The van der Waals surface area contributed by atoms with Crippen molar-refractivity contribution in [2.75, 3.05) is 0 Å². The van der Waals surface area contributed by atoms with Gasteiger partial charge in [-0.25, -0.2) is 4.79 Å². The Morgan fingerprint density at radius 3 is 2.93 bits per heavy atom. The largest absolute Gasteiger partial charge is 0.477 e. The second kappa shape index (κ2) is 3.61. The van der Waals surface area contributed by atoms with Crippen LogP contribution >= 0.6 is 0 Å². The van der Waals surface area contributed by atoms with Gasteiger partial charge in [0.1, 0.15) is 11.4 Å². The summed E-state index contributed by atoms with van der Waals surface area (Å²) in [5, 5.41) is 13.1. The van der Waals surface area contributed by atoms with Gasteiger partial charge in [0.2, 0.25) is 0 Å². The monoisotopic (exact) mass is 206 g/mol. The van der Waals surface area contributed by atoms with Gasteiger partial charge in [0.15, 0.2) is 5.76 Å². The van der Waals surface area contributed by atoms with Gasteiger partial charge in [0, 0.05) is 12.6 Å². The van der Waals surface area contributed by atoms with E-state index < -0.39 is 5.97 Å². The van der Waals surface area contributed by atoms with E-state index in [9.17, 15) is 4.79 Å². The van der Waals surface area contributed by atoms with Gasteiger partial charge >= 0.3 is 5.97 Å². The number of aryl methyl sites for hydroxylation is 1. The molecule has 0 radical (unpaired) electrons. The molecule has 1 N–H and O–H groups in total. The lowest BCUT2D eigenvalue weighted by atomic mass is 10.3. The van der Waals surface area contributed by atoms with Crippen molar-refractivity contribution in [1.29, 1.82) is 0 Å². The van der Waals surface area contributed by atoms with Gasteiger partial charge in [0.05, 0.1) is 6.26 Å². The highest BCUT2D eigenvalue weighted by atomic mass is 16.4. The number of carbonyl (C=O) groups is 1. The molecule has 0 spiro atoms. The Morgan fingerprint density at radius 2 is 2.47 bits per heavy atom. The lowest BCUT2D eigenvalue weighted by Gasteiger charge is -1.97. The van der Waals surface area contributed by atoms with Crippen molar-refractivity contribution in [2.45, 2.75) is 13.5 Å². The third-order valence-corrected chi connectivity index (χ3v) is 2.07. The van der Waals surface area contributed by atoms with Gasteiger partial charge in [-0.3, -0.25) is 4.68 Å². The van der Waals surface area contributed by atoms with Crippen LogP contribution in [0, 0.1) is 0 Å². The van der Waals surface area contributed by atoms with Crippen molar-refractivity contribution in [3.8, 4) is 11.5 Å². The number of hydrogen-bond donors (Lipinski definition) is 1. The third kappa shape index (κ3) is 1.63. The van der Waals surface area contributed by atoms with Crippen molar-refractivity contribution in [2.24, 2.45) is 0 Å². The summed E-state index contributed by atoms with van der Waals surface area (Å²) < 4.78 is 6.57. The van der Waals surface area contributed by atoms with Gasteiger partial charge < -0.3 is 9.52 Å². The lowest BCUT2D eigenvalue weighted by Crippen LogP contribution is -2.07. The molecule has 0 aliphatic rings. The predicted octanol–water partition coefficient (Wildman–Crippen LogP) is 1.86. The molecule has 2 aromatic rings. The van der Waals surface area contributed by atoms with E-state index in [0.717, 1.165) is 0 Å². The van der Waals surface area contributed by atoms with Crippen LogP contribution < -0.4 is 0 Å². The van der Waals surface area contributed by atoms with E-state index in [1.807, 2.05) is 6.92 Å². The smallest absolute Gasteiger partial charge is 0.354 e. The van der Waals surface area contributed by atoms with Gasteiger partial charge in [0.25, 0.3) is 0 Å². The molecular formula is C10H10N2O3. The number of carboxylic acids is 1. The fourth-order valence-electron chi connectivity index (χ4n) is 1.37. The maximum atomic E-state index is 10.9. The average molecular weight is 206 g/mol. The van der Waals surface area contributed by atoms with E-state index in [1.54, 1.807) is 12.1 Å². The van der Waals surface area contributed by atoms with E-state index in [2.05, 4.69) is 5.10 Å². The summed E-state index contributed by atoms with van der Waals surface area (Å²) in [7, 11) is 0. The Balaban J connectivity index is 2.48. The van der Waals surface area contributed by atoms with Gasteiger partial charge in [-0.15, -0.1) is 0 Å². The SMILES string of the molecule is CCn1nc(-c2ccco2)cc1C(=O)O. The number of rotatable bonds is 3. The molecule has 0 saturated heterocycles. The summed E-state index contributed by atoms with van der Waals surface area (Å²) in [4.78, 5) is 10.9. The summed E-state index contributed by atoms with van der Waals surface area (Å²) in [6, 6.07) is 4.99. The number of aromatic carboxylic acids is 1. The fourth-order valence-corrected chi connectivity index (χ4v) is 1.37. The van der Waals surface area contributed by atoms with Crippen molar-refractivity contribution in [1.82, 2.24) is 9.78 Å². The first kappa shape index (κ1) is 9.51. The van der Waals surface area contributed by atoms with E-state index in [-0.39, 0.29) is 5.69 Å². The van der Waals surface area contributed by atoms with Crippen LogP contribution in [0.5, 0.6) is 0 Å². The highest BCUT2D eigenvalue weighted by Gasteiger charge is 2.15. The molecule has 2 heterocycles. The molecule has 0 unspecified atom stereocenters. The molecule has 2 rings (SSSR count). The minimum atomic E-state index is -0.984. The Labute approximate surface area is 85.9 Å². The standard InChI is InChI=1S/C10H10N2O3/c1-2-12-8(10(13)14)6-7(11-12)9-4-3-5-15-9/h3-6H,2H2,1H3,(H,13,14). The molecule has 0 amide bonds. The van der Waals surface area contributed by atoms with Crippen molar-refractivity contribution in [3.05, 3.63) is 30.2 Å². The number of furan rings is 1. The summed E-state index contributed by atoms with van der Waals surface area (Å²) in [6.45, 7) is 2.35. The maximum absolute atomic E-state index is 10.9. The number of carboxylic acid groups (broad SMARTS) is 1. The van der Waals surface area contributed by atoms with Crippen molar-refractivity contribution < 1.29 is 14.3 Å². The molecule has 0 aromatic carbocycles. The molecule has 0 aliphatic heterocycles. The lowest BCUT2D eigenvalue weighted by molar-refractivity contribution is 0.0683. The zero-order valence-electron chi connectivity index (χ0n) is 8.17. The van der Waals surface area contributed by atoms with Crippen LogP contribution in [0.3, 0.4) is 0 Å². The zero-order valence-corrected chi connectivity index (χ0v) is 8.17. The molecule has 0 atom stereocenters. The normalized spacial score (nSPS) is 10.5. The highest BCUT2D eigenvalue weighted by molar-refractivity contribution is 5.87. The second-order valence-electron chi connectivity index (χ2n) is 3.01. The Morgan fingerprint density at radius 1 is 1.67 bits per heavy atom. The minimum absolute atomic E-state index is 0.170. The van der Waals surface area contributed by atoms with Crippen LogP contribution in [0.2, 0.25) is 0 Å². The van der Waals surface area contributed by atoms with E-state index >= 15 is 0 Å². The average Bonchev–Trinajstić information content (AvgIpc) is 2.86. The van der Waals surface area contributed by atoms with Crippen molar-refractivity contribution in [3.63, 3.8) is 0 Å². The van der Waals surface area contributed by atoms with E-state index in [1.165, 1.54) is 17.0 Å². The first-order valence-corrected chi connectivity index (χ1v) is 4.57. The highest BCUT2D eigenvalue weighted by Crippen LogP contribution is 2.19. The van der Waals surface area contributed by atoms with Crippen LogP contribution in [0.25, 0.3) is 11.5 Å². The molecular weight excluding hydrogens is 196 g/mol. The molecule has 5 nitrogen and oxygen atoms in total. The molecule has 78 valence electrons. The van der Waals surface area contributed by atoms with Gasteiger partial charge in [-0.05, 0) is 19.1 Å². The minimum Gasteiger partial charge on any atom is -0.477 e. The summed E-state index contributed by atoms with van der Waals surface area (Å²) in [5.41, 5.74) is 0.711. The van der Waals surface area contributed by atoms with E-state index in [4.69, 9.17) is 9.52 Å². The van der Waals surface area contributed by atoms with Crippen LogP contribution in [-0.4, -0.2) is 20.9 Å². The zero-order chi connectivity index (χ0) is 10.8. The molecule has 0 fully saturated rings. The first-order valence-electron chi connectivity index (χ1n) is 4.57. The molecule has 0 aliphatic carbocycles. The Kier molecular flexibility index (Phi) is 2.29. The quantitative estimate of drug-likeness (QED) is 0.832. The van der Waals surface area contributed by atoms with Gasteiger partial charge in [-0.1, -0.05) is 0 Å². The molecule has 0 saturated carbocycles. The summed E-state index contributed by atoms with van der Waals surface area (Å²) in [5.74, 6) is -0.410. The second-order valence-corrected chi connectivity index (χ2v) is 3.01. The Bertz CT molecular complexity index is 471. The molecule has 2 aromatic heterocycles. The topological polar surface area (TPSA) is 68.3 Å². The first-order chi connectivity index (χ1) is 7.22. The van der Waals surface area contributed by atoms with Crippen LogP contribution in [0.1, 0.15) is 17.4 Å². The van der Waals surface area contributed by atoms with Gasteiger partial charge in [-0.2, -0.15) is 5.10 Å².